The van der Waals surface area contributed by atoms with Crippen molar-refractivity contribution in [2.24, 2.45) is 0 Å². The Hall–Kier alpha value is -2.33. The van der Waals surface area contributed by atoms with E-state index >= 15 is 0 Å². The standard InChI is InChI=1S/C22H26N4O3S2/c1-17(24(2)16-21-23-19-10-6-7-11-20(19)30-21)22(27)25-12-14-26(15-13-25)31(28,29)18-8-4-3-5-9-18/h3-11,17H,12-16H2,1-2H3. The molecule has 1 amide bonds. The Bertz CT molecular complexity index is 1120. The summed E-state index contributed by atoms with van der Waals surface area (Å²) >= 11 is 1.64. The number of hydrogen-bond donors (Lipinski definition) is 0. The lowest BCUT2D eigenvalue weighted by Crippen LogP contribution is -2.54. The first-order valence-electron chi connectivity index (χ1n) is 10.2. The highest BCUT2D eigenvalue weighted by atomic mass is 32.2. The van der Waals surface area contributed by atoms with Crippen LogP contribution in [0.25, 0.3) is 10.2 Å². The van der Waals surface area contributed by atoms with Crippen LogP contribution in [0, 0.1) is 0 Å². The number of carbonyl (C=O) groups is 1. The molecule has 0 bridgehead atoms. The van der Waals surface area contributed by atoms with Gasteiger partial charge in [-0.1, -0.05) is 30.3 Å². The average Bonchev–Trinajstić information content (AvgIpc) is 3.21. The molecule has 1 aliphatic heterocycles. The predicted molar refractivity (Wildman–Crippen MR) is 122 cm³/mol. The van der Waals surface area contributed by atoms with Crippen molar-refractivity contribution in [3.63, 3.8) is 0 Å². The first kappa shape index (κ1) is 21.9. The van der Waals surface area contributed by atoms with Gasteiger partial charge in [0.05, 0.1) is 27.7 Å². The zero-order valence-corrected chi connectivity index (χ0v) is 19.3. The van der Waals surface area contributed by atoms with Crippen LogP contribution in [0.5, 0.6) is 0 Å². The first-order valence-corrected chi connectivity index (χ1v) is 12.5. The minimum absolute atomic E-state index is 0.0142. The highest BCUT2D eigenvalue weighted by molar-refractivity contribution is 7.89. The molecule has 0 spiro atoms. The molecule has 1 aliphatic rings. The van der Waals surface area contributed by atoms with Gasteiger partial charge < -0.3 is 4.90 Å². The second-order valence-corrected chi connectivity index (χ2v) is 10.8. The summed E-state index contributed by atoms with van der Waals surface area (Å²) in [6.45, 7) is 3.88. The molecular formula is C22H26N4O3S2. The summed E-state index contributed by atoms with van der Waals surface area (Å²) in [6, 6.07) is 16.1. The van der Waals surface area contributed by atoms with E-state index in [9.17, 15) is 13.2 Å². The zero-order chi connectivity index (χ0) is 22.0. The van der Waals surface area contributed by atoms with E-state index in [1.807, 2.05) is 43.1 Å². The Morgan fingerprint density at radius 1 is 1.06 bits per heavy atom. The van der Waals surface area contributed by atoms with Crippen LogP contribution >= 0.6 is 11.3 Å². The smallest absolute Gasteiger partial charge is 0.243 e. The maximum absolute atomic E-state index is 13.0. The summed E-state index contributed by atoms with van der Waals surface area (Å²) in [5, 5.41) is 0.974. The number of amides is 1. The molecule has 2 aromatic carbocycles. The number of rotatable bonds is 6. The summed E-state index contributed by atoms with van der Waals surface area (Å²) < 4.78 is 28.2. The molecule has 31 heavy (non-hydrogen) atoms. The Balaban J connectivity index is 1.35. The highest BCUT2D eigenvalue weighted by Crippen LogP contribution is 2.23. The number of benzene rings is 2. The Kier molecular flexibility index (Phi) is 6.38. The Morgan fingerprint density at radius 2 is 1.71 bits per heavy atom. The molecule has 0 saturated carbocycles. The lowest BCUT2D eigenvalue weighted by atomic mass is 10.2. The normalized spacial score (nSPS) is 16.7. The Labute approximate surface area is 187 Å². The number of carbonyl (C=O) groups excluding carboxylic acids is 1. The van der Waals surface area contributed by atoms with E-state index < -0.39 is 10.0 Å². The van der Waals surface area contributed by atoms with E-state index in [4.69, 9.17) is 0 Å². The van der Waals surface area contributed by atoms with E-state index in [1.165, 1.54) is 4.31 Å². The molecule has 0 aliphatic carbocycles. The van der Waals surface area contributed by atoms with Crippen molar-refractivity contribution in [2.75, 3.05) is 33.2 Å². The number of piperazine rings is 1. The molecule has 1 fully saturated rings. The van der Waals surface area contributed by atoms with E-state index in [0.29, 0.717) is 37.6 Å². The minimum atomic E-state index is -3.52. The molecule has 2 heterocycles. The van der Waals surface area contributed by atoms with Gasteiger partial charge in [0.15, 0.2) is 0 Å². The topological polar surface area (TPSA) is 73.8 Å². The largest absolute Gasteiger partial charge is 0.339 e. The first-order chi connectivity index (χ1) is 14.9. The van der Waals surface area contributed by atoms with E-state index in [1.54, 1.807) is 46.6 Å². The maximum Gasteiger partial charge on any atom is 0.243 e. The van der Waals surface area contributed by atoms with Gasteiger partial charge in [0.2, 0.25) is 15.9 Å². The van der Waals surface area contributed by atoms with Crippen LogP contribution in [0.1, 0.15) is 11.9 Å². The molecule has 0 radical (unpaired) electrons. The van der Waals surface area contributed by atoms with Crippen molar-refractivity contribution < 1.29 is 13.2 Å². The lowest BCUT2D eigenvalue weighted by molar-refractivity contribution is -0.137. The quantitative estimate of drug-likeness (QED) is 0.568. The van der Waals surface area contributed by atoms with Crippen LogP contribution in [-0.2, 0) is 21.4 Å². The van der Waals surface area contributed by atoms with Gasteiger partial charge in [-0.15, -0.1) is 11.3 Å². The summed E-state index contributed by atoms with van der Waals surface area (Å²) in [5.74, 6) is 0.0142. The second kappa shape index (κ2) is 9.04. The third-order valence-electron chi connectivity index (χ3n) is 5.67. The number of aromatic nitrogens is 1. The summed E-state index contributed by atoms with van der Waals surface area (Å²) in [6.07, 6.45) is 0. The van der Waals surface area contributed by atoms with Crippen molar-refractivity contribution in [1.82, 2.24) is 19.1 Å². The fourth-order valence-electron chi connectivity index (χ4n) is 3.68. The molecule has 3 aromatic rings. The number of sulfonamides is 1. The van der Waals surface area contributed by atoms with Gasteiger partial charge in [-0.05, 0) is 38.2 Å². The summed E-state index contributed by atoms with van der Waals surface area (Å²) in [7, 11) is -1.60. The third kappa shape index (κ3) is 4.64. The average molecular weight is 459 g/mol. The van der Waals surface area contributed by atoms with Crippen LogP contribution in [0.3, 0.4) is 0 Å². The number of thiazole rings is 1. The van der Waals surface area contributed by atoms with Crippen molar-refractivity contribution >= 4 is 37.5 Å². The van der Waals surface area contributed by atoms with Crippen molar-refractivity contribution in [2.45, 2.75) is 24.4 Å². The fourth-order valence-corrected chi connectivity index (χ4v) is 6.16. The summed E-state index contributed by atoms with van der Waals surface area (Å²) in [5.41, 5.74) is 0.977. The molecule has 164 valence electrons. The van der Waals surface area contributed by atoms with Gasteiger partial charge >= 0.3 is 0 Å². The van der Waals surface area contributed by atoms with Crippen LogP contribution in [-0.4, -0.2) is 72.7 Å². The lowest BCUT2D eigenvalue weighted by Gasteiger charge is -2.36. The molecule has 1 aromatic heterocycles. The van der Waals surface area contributed by atoms with Gasteiger partial charge in [-0.3, -0.25) is 9.69 Å². The van der Waals surface area contributed by atoms with Gasteiger partial charge in [0, 0.05) is 26.2 Å². The van der Waals surface area contributed by atoms with E-state index in [0.717, 1.165) is 15.2 Å². The van der Waals surface area contributed by atoms with Crippen LogP contribution < -0.4 is 0 Å². The second-order valence-electron chi connectivity index (χ2n) is 7.71. The zero-order valence-electron chi connectivity index (χ0n) is 17.6. The molecule has 1 atom stereocenters. The van der Waals surface area contributed by atoms with Crippen molar-refractivity contribution in [3.05, 3.63) is 59.6 Å². The highest BCUT2D eigenvalue weighted by Gasteiger charge is 2.32. The van der Waals surface area contributed by atoms with Crippen LogP contribution in [0.4, 0.5) is 0 Å². The third-order valence-corrected chi connectivity index (χ3v) is 8.61. The fraction of sp³-hybridized carbons (Fsp3) is 0.364. The van der Waals surface area contributed by atoms with Crippen LogP contribution in [0.2, 0.25) is 0 Å². The van der Waals surface area contributed by atoms with Gasteiger partial charge in [-0.2, -0.15) is 4.31 Å². The molecule has 1 unspecified atom stereocenters. The molecule has 0 N–H and O–H groups in total. The molecule has 7 nitrogen and oxygen atoms in total. The number of fused-ring (bicyclic) bond motifs is 1. The molecule has 4 rings (SSSR count). The number of likely N-dealkylation sites (N-methyl/N-ethyl adjacent to an activating group) is 1. The van der Waals surface area contributed by atoms with Crippen molar-refractivity contribution in [3.8, 4) is 0 Å². The van der Waals surface area contributed by atoms with Gasteiger partial charge in [-0.25, -0.2) is 13.4 Å². The van der Waals surface area contributed by atoms with Crippen LogP contribution in [0.15, 0.2) is 59.5 Å². The number of nitrogens with zero attached hydrogens (tertiary/aromatic N) is 4. The number of hydrogen-bond acceptors (Lipinski definition) is 6. The molecular weight excluding hydrogens is 432 g/mol. The van der Waals surface area contributed by atoms with E-state index in [2.05, 4.69) is 4.98 Å². The van der Waals surface area contributed by atoms with Gasteiger partial charge in [0.25, 0.3) is 0 Å². The summed E-state index contributed by atoms with van der Waals surface area (Å²) in [4.78, 5) is 21.7. The van der Waals surface area contributed by atoms with Gasteiger partial charge in [0.1, 0.15) is 5.01 Å². The van der Waals surface area contributed by atoms with E-state index in [-0.39, 0.29) is 11.9 Å². The SMILES string of the molecule is CC(C(=O)N1CCN(S(=O)(=O)c2ccccc2)CC1)N(C)Cc1nc2ccccc2s1. The monoisotopic (exact) mass is 458 g/mol. The minimum Gasteiger partial charge on any atom is -0.339 e. The van der Waals surface area contributed by atoms with Crippen molar-refractivity contribution in [1.29, 1.82) is 0 Å². The predicted octanol–water partition coefficient (Wildman–Crippen LogP) is 2.65. The molecule has 1 saturated heterocycles. The molecule has 9 heteroatoms. The maximum atomic E-state index is 13.0. The number of para-hydroxylation sites is 1. The Morgan fingerprint density at radius 3 is 2.39 bits per heavy atom.